The molecule has 1 fully saturated rings. The van der Waals surface area contributed by atoms with E-state index >= 15 is 0 Å². The van der Waals surface area contributed by atoms with Crippen LogP contribution in [0.15, 0.2) is 12.1 Å². The molecule has 3 N–H and O–H groups in total. The van der Waals surface area contributed by atoms with Gasteiger partial charge in [-0.3, -0.25) is 11.3 Å². The van der Waals surface area contributed by atoms with Crippen molar-refractivity contribution in [2.75, 3.05) is 12.9 Å². The molecule has 4 atom stereocenters. The molecule has 1 aromatic rings. The predicted octanol–water partition coefficient (Wildman–Crippen LogP) is 3.44. The SMILES string of the molecule is COc1c(C(NN)C2CSC(C)C(C)S2)ccc(C)c1C. The molecule has 4 unspecified atom stereocenters. The third kappa shape index (κ3) is 3.52. The highest BCUT2D eigenvalue weighted by molar-refractivity contribution is 8.07. The molecule has 0 spiro atoms. The Kier molecular flexibility index (Phi) is 5.88. The van der Waals surface area contributed by atoms with Gasteiger partial charge >= 0.3 is 0 Å². The van der Waals surface area contributed by atoms with Crippen molar-refractivity contribution < 1.29 is 4.74 Å². The van der Waals surface area contributed by atoms with Crippen LogP contribution in [0.3, 0.4) is 0 Å². The number of hydrogen-bond donors (Lipinski definition) is 2. The molecule has 1 aliphatic rings. The van der Waals surface area contributed by atoms with Crippen molar-refractivity contribution in [3.8, 4) is 5.75 Å². The maximum absolute atomic E-state index is 5.90. The van der Waals surface area contributed by atoms with Crippen LogP contribution in [-0.4, -0.2) is 28.6 Å². The van der Waals surface area contributed by atoms with Crippen molar-refractivity contribution in [3.05, 3.63) is 28.8 Å². The number of hydrogen-bond acceptors (Lipinski definition) is 5. The number of ether oxygens (including phenoxy) is 1. The summed E-state index contributed by atoms with van der Waals surface area (Å²) in [5, 5.41) is 1.80. The van der Waals surface area contributed by atoms with Crippen molar-refractivity contribution in [2.45, 2.75) is 49.5 Å². The van der Waals surface area contributed by atoms with Gasteiger partial charge in [-0.25, -0.2) is 0 Å². The van der Waals surface area contributed by atoms with E-state index in [9.17, 15) is 0 Å². The Hall–Kier alpha value is -0.360. The zero-order chi connectivity index (χ0) is 15.6. The van der Waals surface area contributed by atoms with Gasteiger partial charge < -0.3 is 4.74 Å². The lowest BCUT2D eigenvalue weighted by atomic mass is 9.97. The highest BCUT2D eigenvalue weighted by Crippen LogP contribution is 2.43. The van der Waals surface area contributed by atoms with Crippen molar-refractivity contribution in [3.63, 3.8) is 0 Å². The van der Waals surface area contributed by atoms with Gasteiger partial charge in [0.15, 0.2) is 0 Å². The highest BCUT2D eigenvalue weighted by atomic mass is 32.2. The van der Waals surface area contributed by atoms with Crippen LogP contribution >= 0.6 is 23.5 Å². The summed E-state index contributed by atoms with van der Waals surface area (Å²) >= 11 is 4.07. The molecule has 2 rings (SSSR count). The van der Waals surface area contributed by atoms with Crippen LogP contribution in [0.5, 0.6) is 5.75 Å². The number of aryl methyl sites for hydroxylation is 1. The maximum atomic E-state index is 5.90. The number of nitrogens with two attached hydrogens (primary N) is 1. The molecule has 5 heteroatoms. The smallest absolute Gasteiger partial charge is 0.126 e. The Balaban J connectivity index is 2.32. The zero-order valence-corrected chi connectivity index (χ0v) is 15.1. The summed E-state index contributed by atoms with van der Waals surface area (Å²) in [5.74, 6) is 7.98. The van der Waals surface area contributed by atoms with E-state index in [-0.39, 0.29) is 6.04 Å². The number of nitrogens with one attached hydrogen (secondary N) is 1. The maximum Gasteiger partial charge on any atom is 0.126 e. The quantitative estimate of drug-likeness (QED) is 0.655. The summed E-state index contributed by atoms with van der Waals surface area (Å²) in [5.41, 5.74) is 6.65. The third-order valence-corrected chi connectivity index (χ3v) is 7.87. The fourth-order valence-electron chi connectivity index (χ4n) is 2.71. The molecule has 0 bridgehead atoms. The van der Waals surface area contributed by atoms with Gasteiger partial charge in [0.1, 0.15) is 5.75 Å². The van der Waals surface area contributed by atoms with Crippen LogP contribution in [0.1, 0.15) is 36.6 Å². The first-order chi connectivity index (χ1) is 9.99. The van der Waals surface area contributed by atoms with E-state index in [0.717, 1.165) is 11.5 Å². The molecular weight excluding hydrogens is 300 g/mol. The first-order valence-electron chi connectivity index (χ1n) is 7.36. The number of thioether (sulfide) groups is 2. The molecule has 1 aliphatic heterocycles. The molecule has 0 radical (unpaired) electrons. The molecule has 0 aliphatic carbocycles. The van der Waals surface area contributed by atoms with Crippen LogP contribution in [0.4, 0.5) is 0 Å². The Labute approximate surface area is 136 Å². The van der Waals surface area contributed by atoms with Gasteiger partial charge in [0.05, 0.1) is 13.2 Å². The molecular formula is C16H26N2OS2. The fourth-order valence-corrected chi connectivity index (χ4v) is 5.80. The van der Waals surface area contributed by atoms with Gasteiger partial charge in [-0.15, -0.1) is 0 Å². The molecule has 1 saturated heterocycles. The van der Waals surface area contributed by atoms with E-state index in [0.29, 0.717) is 15.7 Å². The van der Waals surface area contributed by atoms with E-state index in [2.05, 4.69) is 45.3 Å². The lowest BCUT2D eigenvalue weighted by Crippen LogP contribution is -2.40. The summed E-state index contributed by atoms with van der Waals surface area (Å²) < 4.78 is 5.67. The van der Waals surface area contributed by atoms with Crippen LogP contribution in [0.25, 0.3) is 0 Å². The van der Waals surface area contributed by atoms with Gasteiger partial charge in [-0.1, -0.05) is 26.0 Å². The van der Waals surface area contributed by atoms with Gasteiger partial charge in [0.25, 0.3) is 0 Å². The second-order valence-electron chi connectivity index (χ2n) is 5.69. The van der Waals surface area contributed by atoms with Crippen LogP contribution in [-0.2, 0) is 0 Å². The van der Waals surface area contributed by atoms with E-state index in [4.69, 9.17) is 10.6 Å². The highest BCUT2D eigenvalue weighted by Gasteiger charge is 2.33. The minimum Gasteiger partial charge on any atom is -0.496 e. The minimum absolute atomic E-state index is 0.117. The summed E-state index contributed by atoms with van der Waals surface area (Å²) in [4.78, 5) is 0. The average Bonchev–Trinajstić information content (AvgIpc) is 2.47. The standard InChI is InChI=1S/C16H26N2OS2/c1-9-6-7-13(16(19-5)10(9)2)15(18-17)14-8-20-11(3)12(4)21-14/h6-7,11-12,14-15,18H,8,17H2,1-5H3. The Morgan fingerprint density at radius 2 is 2.00 bits per heavy atom. The first kappa shape index (κ1) is 17.0. The topological polar surface area (TPSA) is 47.3 Å². The van der Waals surface area contributed by atoms with Gasteiger partial charge in [-0.05, 0) is 25.0 Å². The van der Waals surface area contributed by atoms with Crippen LogP contribution in [0, 0.1) is 13.8 Å². The first-order valence-corrected chi connectivity index (χ1v) is 9.36. The molecule has 0 amide bonds. The second-order valence-corrected chi connectivity index (χ2v) is 8.72. The normalized spacial score (nSPS) is 27.4. The molecule has 1 heterocycles. The van der Waals surface area contributed by atoms with E-state index in [1.165, 1.54) is 16.7 Å². The summed E-state index contributed by atoms with van der Waals surface area (Å²) in [6, 6.07) is 4.43. The average molecular weight is 327 g/mol. The molecule has 0 saturated carbocycles. The van der Waals surface area contributed by atoms with Crippen LogP contribution < -0.4 is 16.0 Å². The second kappa shape index (κ2) is 7.27. The van der Waals surface area contributed by atoms with Crippen molar-refractivity contribution in [2.24, 2.45) is 5.84 Å². The summed E-state index contributed by atoms with van der Waals surface area (Å²) in [6.07, 6.45) is 0. The van der Waals surface area contributed by atoms with Gasteiger partial charge in [-0.2, -0.15) is 23.5 Å². The monoisotopic (exact) mass is 326 g/mol. The molecule has 118 valence electrons. The number of methoxy groups -OCH3 is 1. The Morgan fingerprint density at radius 1 is 1.29 bits per heavy atom. The lowest BCUT2D eigenvalue weighted by Gasteiger charge is -2.36. The van der Waals surface area contributed by atoms with E-state index < -0.39 is 0 Å². The van der Waals surface area contributed by atoms with Gasteiger partial charge in [0, 0.05) is 27.1 Å². The van der Waals surface area contributed by atoms with E-state index in [1.54, 1.807) is 7.11 Å². The number of benzene rings is 1. The fraction of sp³-hybridized carbons (Fsp3) is 0.625. The van der Waals surface area contributed by atoms with E-state index in [1.807, 2.05) is 23.5 Å². The number of rotatable bonds is 4. The van der Waals surface area contributed by atoms with Crippen molar-refractivity contribution in [1.29, 1.82) is 0 Å². The van der Waals surface area contributed by atoms with Crippen molar-refractivity contribution in [1.82, 2.24) is 5.43 Å². The van der Waals surface area contributed by atoms with Crippen LogP contribution in [0.2, 0.25) is 0 Å². The number of hydrazine groups is 1. The molecule has 0 aromatic heterocycles. The van der Waals surface area contributed by atoms with Gasteiger partial charge in [0.2, 0.25) is 0 Å². The predicted molar refractivity (Wildman–Crippen MR) is 95.3 cm³/mol. The zero-order valence-electron chi connectivity index (χ0n) is 13.5. The molecule has 1 aromatic carbocycles. The summed E-state index contributed by atoms with van der Waals surface area (Å²) in [6.45, 7) is 8.83. The minimum atomic E-state index is 0.117. The lowest BCUT2D eigenvalue weighted by molar-refractivity contribution is 0.395. The Morgan fingerprint density at radius 3 is 2.57 bits per heavy atom. The largest absolute Gasteiger partial charge is 0.496 e. The van der Waals surface area contributed by atoms with Crippen molar-refractivity contribution >= 4 is 23.5 Å². The summed E-state index contributed by atoms with van der Waals surface area (Å²) in [7, 11) is 1.74. The Bertz CT molecular complexity index is 495. The molecule has 21 heavy (non-hydrogen) atoms. The molecule has 3 nitrogen and oxygen atoms in total. The third-order valence-electron chi connectivity index (χ3n) is 4.37.